The summed E-state index contributed by atoms with van der Waals surface area (Å²) in [7, 11) is 1.49. The molecular formula is C24H30F2N8O. The van der Waals surface area contributed by atoms with Gasteiger partial charge in [0.15, 0.2) is 11.7 Å². The Morgan fingerprint density at radius 3 is 2.74 bits per heavy atom. The number of nitrogens with one attached hydrogen (secondary N) is 3. The van der Waals surface area contributed by atoms with Gasteiger partial charge in [-0.1, -0.05) is 6.92 Å². The van der Waals surface area contributed by atoms with Gasteiger partial charge in [-0.3, -0.25) is 15.3 Å². The molecule has 1 aromatic carbocycles. The summed E-state index contributed by atoms with van der Waals surface area (Å²) in [5, 5.41) is 12.5. The zero-order valence-electron chi connectivity index (χ0n) is 20.2. The van der Waals surface area contributed by atoms with Crippen LogP contribution in [-0.2, 0) is 4.84 Å². The number of aromatic nitrogens is 1. The molecule has 186 valence electrons. The van der Waals surface area contributed by atoms with Crippen LogP contribution in [0.1, 0.15) is 32.8 Å². The van der Waals surface area contributed by atoms with Crippen LogP contribution in [0, 0.1) is 11.6 Å². The predicted molar refractivity (Wildman–Crippen MR) is 137 cm³/mol. The Kier molecular flexibility index (Phi) is 8.74. The number of hydrogen-bond donors (Lipinski definition) is 4. The number of pyridine rings is 1. The van der Waals surface area contributed by atoms with E-state index in [1.54, 1.807) is 36.5 Å². The summed E-state index contributed by atoms with van der Waals surface area (Å²) < 4.78 is 28.0. The van der Waals surface area contributed by atoms with Gasteiger partial charge in [0.1, 0.15) is 28.8 Å². The van der Waals surface area contributed by atoms with Crippen molar-refractivity contribution in [2.45, 2.75) is 27.2 Å². The SMILES string of the molecule is C/C=N\N1C=C(c2ccc(F)cc2F)NC(=NCCNc2ccc(NOC)c(N)n2)/C1=C(/C)CC. The van der Waals surface area contributed by atoms with E-state index in [-0.39, 0.29) is 5.56 Å². The number of nitrogens with zero attached hydrogens (tertiary/aromatic N) is 4. The Hall–Kier alpha value is -3.99. The lowest BCUT2D eigenvalue weighted by atomic mass is 10.1. The Bertz CT molecular complexity index is 1180. The maximum absolute atomic E-state index is 14.5. The monoisotopic (exact) mass is 484 g/mol. The molecule has 2 heterocycles. The van der Waals surface area contributed by atoms with Crippen molar-refractivity contribution >= 4 is 35.1 Å². The molecule has 1 aromatic heterocycles. The van der Waals surface area contributed by atoms with E-state index in [1.807, 2.05) is 13.8 Å². The van der Waals surface area contributed by atoms with Gasteiger partial charge in [0.2, 0.25) is 0 Å². The molecule has 0 saturated heterocycles. The minimum absolute atomic E-state index is 0.214. The molecule has 9 nitrogen and oxygen atoms in total. The molecule has 0 amide bonds. The molecular weight excluding hydrogens is 454 g/mol. The Morgan fingerprint density at radius 2 is 2.09 bits per heavy atom. The summed E-state index contributed by atoms with van der Waals surface area (Å²) in [4.78, 5) is 13.8. The lowest BCUT2D eigenvalue weighted by Gasteiger charge is -2.30. The second kappa shape index (κ2) is 11.9. The van der Waals surface area contributed by atoms with Crippen molar-refractivity contribution in [1.82, 2.24) is 15.3 Å². The highest BCUT2D eigenvalue weighted by Gasteiger charge is 2.25. The smallest absolute Gasteiger partial charge is 0.151 e. The number of amidine groups is 1. The van der Waals surface area contributed by atoms with Crippen LogP contribution in [0.25, 0.3) is 5.70 Å². The highest BCUT2D eigenvalue weighted by atomic mass is 19.1. The molecule has 0 bridgehead atoms. The lowest BCUT2D eigenvalue weighted by molar-refractivity contribution is 0.271. The highest BCUT2D eigenvalue weighted by molar-refractivity contribution is 6.05. The number of nitrogens with two attached hydrogens (primary N) is 1. The molecule has 1 aliphatic rings. The first-order valence-corrected chi connectivity index (χ1v) is 11.1. The van der Waals surface area contributed by atoms with Crippen LogP contribution in [0.5, 0.6) is 0 Å². The molecule has 35 heavy (non-hydrogen) atoms. The van der Waals surface area contributed by atoms with Crippen LogP contribution < -0.4 is 21.8 Å². The van der Waals surface area contributed by atoms with Crippen LogP contribution in [0.15, 0.2) is 57.9 Å². The molecule has 0 radical (unpaired) electrons. The van der Waals surface area contributed by atoms with Crippen molar-refractivity contribution in [2.24, 2.45) is 10.1 Å². The van der Waals surface area contributed by atoms with Gasteiger partial charge in [0, 0.05) is 24.4 Å². The lowest BCUT2D eigenvalue weighted by Crippen LogP contribution is -2.37. The third-order valence-corrected chi connectivity index (χ3v) is 5.18. The third kappa shape index (κ3) is 6.33. The second-order valence-corrected chi connectivity index (χ2v) is 7.59. The fourth-order valence-corrected chi connectivity index (χ4v) is 3.38. The van der Waals surface area contributed by atoms with Crippen LogP contribution >= 0.6 is 0 Å². The summed E-state index contributed by atoms with van der Waals surface area (Å²) in [5.41, 5.74) is 11.6. The van der Waals surface area contributed by atoms with Crippen molar-refractivity contribution in [2.75, 3.05) is 36.7 Å². The van der Waals surface area contributed by atoms with E-state index in [9.17, 15) is 8.78 Å². The summed E-state index contributed by atoms with van der Waals surface area (Å²) in [6.07, 6.45) is 4.08. The Morgan fingerprint density at radius 1 is 1.29 bits per heavy atom. The standard InChI is InChI=1S/C24H30F2N8O/c1-5-15(3)22-24(29-12-11-28-21-10-9-19(33-35-4)23(27)32-21)31-20(14-34(22)30-6-2)17-8-7-16(25)13-18(17)26/h6-10,13-14,33H,5,11-12H2,1-4H3,(H,29,31)(H3,27,28,32)/b22-15+,30-6-. The highest BCUT2D eigenvalue weighted by Crippen LogP contribution is 2.27. The van der Waals surface area contributed by atoms with Gasteiger partial charge >= 0.3 is 0 Å². The average Bonchev–Trinajstić information content (AvgIpc) is 2.83. The molecule has 0 spiro atoms. The fourth-order valence-electron chi connectivity index (χ4n) is 3.38. The molecule has 5 N–H and O–H groups in total. The quantitative estimate of drug-likeness (QED) is 0.238. The minimum Gasteiger partial charge on any atom is -0.382 e. The van der Waals surface area contributed by atoms with Crippen molar-refractivity contribution in [3.8, 4) is 0 Å². The van der Waals surface area contributed by atoms with Gasteiger partial charge in [0.25, 0.3) is 0 Å². The van der Waals surface area contributed by atoms with E-state index in [4.69, 9.17) is 15.6 Å². The first kappa shape index (κ1) is 25.6. The normalized spacial score (nSPS) is 16.3. The number of rotatable bonds is 9. The van der Waals surface area contributed by atoms with Gasteiger partial charge in [-0.2, -0.15) is 5.10 Å². The third-order valence-electron chi connectivity index (χ3n) is 5.18. The Balaban J connectivity index is 1.85. The average molecular weight is 485 g/mol. The van der Waals surface area contributed by atoms with Crippen molar-refractivity contribution in [3.63, 3.8) is 0 Å². The molecule has 1 aliphatic heterocycles. The Labute approximate surface area is 203 Å². The first-order chi connectivity index (χ1) is 16.9. The maximum atomic E-state index is 14.5. The van der Waals surface area contributed by atoms with Crippen molar-refractivity contribution in [3.05, 3.63) is 65.0 Å². The van der Waals surface area contributed by atoms with Crippen LogP contribution in [-0.4, -0.2) is 42.2 Å². The number of anilines is 3. The second-order valence-electron chi connectivity index (χ2n) is 7.59. The minimum atomic E-state index is -0.681. The topological polar surface area (TPSA) is 112 Å². The van der Waals surface area contributed by atoms with E-state index >= 15 is 0 Å². The molecule has 0 aliphatic carbocycles. The predicted octanol–water partition coefficient (Wildman–Crippen LogP) is 4.32. The van der Waals surface area contributed by atoms with E-state index in [0.717, 1.165) is 23.8 Å². The number of nitrogen functional groups attached to an aromatic ring is 1. The van der Waals surface area contributed by atoms with Crippen molar-refractivity contribution < 1.29 is 13.6 Å². The summed E-state index contributed by atoms with van der Waals surface area (Å²) in [5.74, 6) is 0.0939. The summed E-state index contributed by atoms with van der Waals surface area (Å²) in [6, 6.07) is 6.97. The van der Waals surface area contributed by atoms with Gasteiger partial charge in [-0.15, -0.1) is 0 Å². The number of aliphatic imine (C=N–C) groups is 1. The number of hydrogen-bond acceptors (Lipinski definition) is 8. The van der Waals surface area contributed by atoms with Crippen LogP contribution in [0.4, 0.5) is 26.1 Å². The largest absolute Gasteiger partial charge is 0.382 e. The zero-order chi connectivity index (χ0) is 25.4. The van der Waals surface area contributed by atoms with Crippen LogP contribution in [0.2, 0.25) is 0 Å². The van der Waals surface area contributed by atoms with Gasteiger partial charge in [-0.25, -0.2) is 18.8 Å². The van der Waals surface area contributed by atoms with Gasteiger partial charge in [0.05, 0.1) is 25.6 Å². The van der Waals surface area contributed by atoms with E-state index in [1.165, 1.54) is 19.2 Å². The van der Waals surface area contributed by atoms with E-state index in [2.05, 4.69) is 26.2 Å². The summed E-state index contributed by atoms with van der Waals surface area (Å²) >= 11 is 0. The molecule has 0 saturated carbocycles. The number of benzene rings is 1. The van der Waals surface area contributed by atoms with Crippen LogP contribution in [0.3, 0.4) is 0 Å². The van der Waals surface area contributed by atoms with Gasteiger partial charge < -0.3 is 16.4 Å². The molecule has 3 rings (SSSR count). The fraction of sp³-hybridized carbons (Fsp3) is 0.292. The zero-order valence-corrected chi connectivity index (χ0v) is 20.2. The maximum Gasteiger partial charge on any atom is 0.151 e. The number of hydrazone groups is 1. The summed E-state index contributed by atoms with van der Waals surface area (Å²) in [6.45, 7) is 6.66. The van der Waals surface area contributed by atoms with E-state index in [0.29, 0.717) is 41.9 Å². The first-order valence-electron chi connectivity index (χ1n) is 11.1. The molecule has 0 unspecified atom stereocenters. The van der Waals surface area contributed by atoms with Crippen molar-refractivity contribution in [1.29, 1.82) is 0 Å². The molecule has 0 atom stereocenters. The van der Waals surface area contributed by atoms with E-state index < -0.39 is 11.6 Å². The molecule has 2 aromatic rings. The van der Waals surface area contributed by atoms with Gasteiger partial charge in [-0.05, 0) is 50.1 Å². The molecule has 11 heteroatoms. The number of halogens is 2. The number of allylic oxidation sites excluding steroid dienone is 1. The molecule has 0 fully saturated rings.